The number of fused-ring (bicyclic) bond motifs is 1. The van der Waals surface area contributed by atoms with Crippen LogP contribution >= 0.6 is 0 Å². The molecule has 0 radical (unpaired) electrons. The predicted molar refractivity (Wildman–Crippen MR) is 113 cm³/mol. The predicted octanol–water partition coefficient (Wildman–Crippen LogP) is 3.33. The minimum absolute atomic E-state index is 0.0239. The minimum Gasteiger partial charge on any atom is -0.493 e. The summed E-state index contributed by atoms with van der Waals surface area (Å²) < 4.78 is 10.7. The standard InChI is InChI=1S/C22H24N4O3/c1-28-18-12-16-17(13-19(18)29-2)24-22(25-21(16)23)26-10-8-15(9-11-26)20(27)14-6-4-3-5-7-14/h3-7,12-13,15H,8-11H2,1-2H3,(H2,23,24,25). The normalized spacial score (nSPS) is 14.8. The highest BCUT2D eigenvalue weighted by molar-refractivity contribution is 5.98. The van der Waals surface area contributed by atoms with E-state index in [-0.39, 0.29) is 11.7 Å². The Kier molecular flexibility index (Phi) is 5.20. The lowest BCUT2D eigenvalue weighted by Gasteiger charge is -2.31. The van der Waals surface area contributed by atoms with Crippen LogP contribution in [0.15, 0.2) is 42.5 Å². The van der Waals surface area contributed by atoms with Crippen LogP contribution < -0.4 is 20.1 Å². The number of Topliss-reactive ketones (excluding diaryl/α,β-unsaturated/α-hetero) is 1. The quantitative estimate of drug-likeness (QED) is 0.666. The molecule has 0 saturated carbocycles. The number of piperidine rings is 1. The number of ether oxygens (including phenoxy) is 2. The summed E-state index contributed by atoms with van der Waals surface area (Å²) in [5, 5.41) is 0.723. The van der Waals surface area contributed by atoms with Crippen LogP contribution in [0.5, 0.6) is 11.5 Å². The van der Waals surface area contributed by atoms with Gasteiger partial charge in [0.25, 0.3) is 0 Å². The van der Waals surface area contributed by atoms with Crippen molar-refractivity contribution in [2.75, 3.05) is 37.9 Å². The van der Waals surface area contributed by atoms with Crippen LogP contribution in [0.4, 0.5) is 11.8 Å². The van der Waals surface area contributed by atoms with E-state index in [1.165, 1.54) is 0 Å². The number of nitrogens with zero attached hydrogens (tertiary/aromatic N) is 3. The van der Waals surface area contributed by atoms with Crippen molar-refractivity contribution in [3.05, 3.63) is 48.0 Å². The van der Waals surface area contributed by atoms with Crippen molar-refractivity contribution in [2.45, 2.75) is 12.8 Å². The molecule has 7 nitrogen and oxygen atoms in total. The SMILES string of the molecule is COc1cc2nc(N3CCC(C(=O)c4ccccc4)CC3)nc(N)c2cc1OC. The molecule has 2 heterocycles. The van der Waals surface area contributed by atoms with Crippen LogP contribution in [0.3, 0.4) is 0 Å². The highest BCUT2D eigenvalue weighted by Crippen LogP contribution is 2.34. The van der Waals surface area contributed by atoms with Crippen molar-refractivity contribution in [3.8, 4) is 11.5 Å². The fraction of sp³-hybridized carbons (Fsp3) is 0.318. The van der Waals surface area contributed by atoms with Gasteiger partial charge in [-0.3, -0.25) is 4.79 Å². The summed E-state index contributed by atoms with van der Waals surface area (Å²) in [7, 11) is 3.17. The fourth-order valence-corrected chi connectivity index (χ4v) is 3.79. The summed E-state index contributed by atoms with van der Waals surface area (Å²) >= 11 is 0. The summed E-state index contributed by atoms with van der Waals surface area (Å²) in [6.07, 6.45) is 1.53. The van der Waals surface area contributed by atoms with Gasteiger partial charge in [0.2, 0.25) is 5.95 Å². The van der Waals surface area contributed by atoms with Gasteiger partial charge in [-0.2, -0.15) is 4.98 Å². The molecule has 1 aromatic heterocycles. The highest BCUT2D eigenvalue weighted by Gasteiger charge is 2.27. The number of hydrogen-bond donors (Lipinski definition) is 1. The van der Waals surface area contributed by atoms with E-state index in [0.29, 0.717) is 41.9 Å². The summed E-state index contributed by atoms with van der Waals surface area (Å²) in [5.41, 5.74) is 7.68. The van der Waals surface area contributed by atoms with Gasteiger partial charge in [0, 0.05) is 36.0 Å². The minimum atomic E-state index is 0.0239. The van der Waals surface area contributed by atoms with Gasteiger partial charge < -0.3 is 20.1 Å². The second kappa shape index (κ2) is 7.95. The lowest BCUT2D eigenvalue weighted by Crippen LogP contribution is -2.37. The van der Waals surface area contributed by atoms with E-state index >= 15 is 0 Å². The Morgan fingerprint density at radius 3 is 2.34 bits per heavy atom. The maximum absolute atomic E-state index is 12.7. The van der Waals surface area contributed by atoms with E-state index in [2.05, 4.69) is 14.9 Å². The van der Waals surface area contributed by atoms with Crippen LogP contribution in [-0.2, 0) is 0 Å². The molecular weight excluding hydrogens is 368 g/mol. The van der Waals surface area contributed by atoms with Crippen LogP contribution in [0.25, 0.3) is 10.9 Å². The molecular formula is C22H24N4O3. The molecule has 0 amide bonds. The molecule has 3 aromatic rings. The summed E-state index contributed by atoms with van der Waals surface area (Å²) in [6, 6.07) is 13.1. The van der Waals surface area contributed by atoms with Gasteiger partial charge in [0.1, 0.15) is 5.82 Å². The molecule has 0 bridgehead atoms. The van der Waals surface area contributed by atoms with E-state index in [1.54, 1.807) is 26.4 Å². The van der Waals surface area contributed by atoms with Crippen LogP contribution in [-0.4, -0.2) is 43.1 Å². The third-order valence-corrected chi connectivity index (χ3v) is 5.43. The molecule has 150 valence electrons. The zero-order chi connectivity index (χ0) is 20.4. The van der Waals surface area contributed by atoms with E-state index in [4.69, 9.17) is 15.2 Å². The first-order valence-corrected chi connectivity index (χ1v) is 9.64. The van der Waals surface area contributed by atoms with Gasteiger partial charge in [0.15, 0.2) is 17.3 Å². The summed E-state index contributed by atoms with van der Waals surface area (Å²) in [4.78, 5) is 24.0. The number of carbonyl (C=O) groups excluding carboxylic acids is 1. The highest BCUT2D eigenvalue weighted by atomic mass is 16.5. The van der Waals surface area contributed by atoms with Crippen molar-refractivity contribution < 1.29 is 14.3 Å². The van der Waals surface area contributed by atoms with Crippen molar-refractivity contribution in [1.82, 2.24) is 9.97 Å². The fourth-order valence-electron chi connectivity index (χ4n) is 3.79. The Hall–Kier alpha value is -3.35. The lowest BCUT2D eigenvalue weighted by molar-refractivity contribution is 0.0900. The van der Waals surface area contributed by atoms with Crippen molar-refractivity contribution in [2.24, 2.45) is 5.92 Å². The summed E-state index contributed by atoms with van der Waals surface area (Å²) in [5.74, 6) is 2.39. The number of nitrogen functional groups attached to an aromatic ring is 1. The molecule has 0 atom stereocenters. The third-order valence-electron chi connectivity index (χ3n) is 5.43. The molecule has 29 heavy (non-hydrogen) atoms. The number of benzene rings is 2. The van der Waals surface area contributed by atoms with E-state index in [9.17, 15) is 4.79 Å². The first-order chi connectivity index (χ1) is 14.1. The van der Waals surface area contributed by atoms with Gasteiger partial charge in [-0.1, -0.05) is 30.3 Å². The van der Waals surface area contributed by atoms with E-state index in [0.717, 1.165) is 23.8 Å². The van der Waals surface area contributed by atoms with Crippen LogP contribution in [0.2, 0.25) is 0 Å². The molecule has 7 heteroatoms. The molecule has 1 fully saturated rings. The number of methoxy groups -OCH3 is 2. The van der Waals surface area contributed by atoms with E-state index < -0.39 is 0 Å². The van der Waals surface area contributed by atoms with Gasteiger partial charge >= 0.3 is 0 Å². The van der Waals surface area contributed by atoms with Crippen molar-refractivity contribution in [3.63, 3.8) is 0 Å². The van der Waals surface area contributed by atoms with Gasteiger partial charge in [0.05, 0.1) is 19.7 Å². The topological polar surface area (TPSA) is 90.6 Å². The Balaban J connectivity index is 1.54. The Morgan fingerprint density at radius 1 is 1.03 bits per heavy atom. The van der Waals surface area contributed by atoms with Gasteiger partial charge in [-0.05, 0) is 18.9 Å². The Labute approximate surface area is 169 Å². The third kappa shape index (κ3) is 3.68. The number of aromatic nitrogens is 2. The maximum atomic E-state index is 12.7. The van der Waals surface area contributed by atoms with Crippen molar-refractivity contribution in [1.29, 1.82) is 0 Å². The van der Waals surface area contributed by atoms with Gasteiger partial charge in [-0.15, -0.1) is 0 Å². The molecule has 1 aliphatic heterocycles. The zero-order valence-corrected chi connectivity index (χ0v) is 16.6. The molecule has 1 saturated heterocycles. The lowest BCUT2D eigenvalue weighted by atomic mass is 9.89. The first kappa shape index (κ1) is 19.0. The van der Waals surface area contributed by atoms with Crippen molar-refractivity contribution >= 4 is 28.5 Å². The molecule has 1 aliphatic rings. The average Bonchev–Trinajstić information content (AvgIpc) is 2.78. The number of carbonyl (C=O) groups is 1. The van der Waals surface area contributed by atoms with Crippen LogP contribution in [0.1, 0.15) is 23.2 Å². The van der Waals surface area contributed by atoms with E-state index in [1.807, 2.05) is 30.3 Å². The first-order valence-electron chi connectivity index (χ1n) is 9.64. The zero-order valence-electron chi connectivity index (χ0n) is 16.6. The molecule has 0 spiro atoms. The number of ketones is 1. The molecule has 4 rings (SSSR count). The largest absolute Gasteiger partial charge is 0.493 e. The molecule has 2 N–H and O–H groups in total. The maximum Gasteiger partial charge on any atom is 0.227 e. The number of anilines is 2. The monoisotopic (exact) mass is 392 g/mol. The second-order valence-corrected chi connectivity index (χ2v) is 7.12. The number of hydrogen-bond acceptors (Lipinski definition) is 7. The Morgan fingerprint density at radius 2 is 1.69 bits per heavy atom. The Bertz CT molecular complexity index is 1030. The molecule has 0 aliphatic carbocycles. The smallest absolute Gasteiger partial charge is 0.227 e. The molecule has 2 aromatic carbocycles. The second-order valence-electron chi connectivity index (χ2n) is 7.12. The summed E-state index contributed by atoms with van der Waals surface area (Å²) in [6.45, 7) is 1.42. The van der Waals surface area contributed by atoms with Crippen LogP contribution in [0, 0.1) is 5.92 Å². The average molecular weight is 392 g/mol. The van der Waals surface area contributed by atoms with Gasteiger partial charge in [-0.25, -0.2) is 4.98 Å². The number of nitrogens with two attached hydrogens (primary N) is 1. The molecule has 0 unspecified atom stereocenters. The number of rotatable bonds is 5.